The van der Waals surface area contributed by atoms with Gasteiger partial charge in [0.2, 0.25) is 5.91 Å². The van der Waals surface area contributed by atoms with E-state index in [1.807, 2.05) is 13.8 Å². The van der Waals surface area contributed by atoms with Gasteiger partial charge in [0, 0.05) is 19.0 Å². The number of hydrogen-bond donors (Lipinski definition) is 3. The molecule has 0 aliphatic rings. The molecule has 0 fully saturated rings. The molecule has 4 heteroatoms. The average molecular weight is 202 g/mol. The molecule has 0 aromatic carbocycles. The van der Waals surface area contributed by atoms with Crippen LogP contribution in [0.4, 0.5) is 0 Å². The smallest absolute Gasteiger partial charge is 0.224 e. The number of rotatable bonds is 6. The maximum atomic E-state index is 11.5. The van der Waals surface area contributed by atoms with Crippen molar-refractivity contribution in [1.29, 1.82) is 0 Å². The van der Waals surface area contributed by atoms with E-state index in [4.69, 9.17) is 5.73 Å². The zero-order chi connectivity index (χ0) is 11.2. The third kappa shape index (κ3) is 4.58. The Morgan fingerprint density at radius 3 is 2.50 bits per heavy atom. The zero-order valence-electron chi connectivity index (χ0n) is 9.34. The lowest BCUT2D eigenvalue weighted by molar-refractivity contribution is -0.125. The minimum Gasteiger partial charge on any atom is -0.388 e. The number of nitrogens with one attached hydrogen (secondary N) is 1. The molecule has 0 aromatic rings. The second-order valence-corrected chi connectivity index (χ2v) is 3.91. The highest BCUT2D eigenvalue weighted by Crippen LogP contribution is 2.07. The van der Waals surface area contributed by atoms with E-state index in [9.17, 15) is 9.90 Å². The molecule has 0 heterocycles. The van der Waals surface area contributed by atoms with Crippen LogP contribution in [-0.2, 0) is 4.79 Å². The van der Waals surface area contributed by atoms with E-state index < -0.39 is 5.60 Å². The molecule has 84 valence electrons. The van der Waals surface area contributed by atoms with Crippen molar-refractivity contribution in [2.75, 3.05) is 13.1 Å². The van der Waals surface area contributed by atoms with E-state index in [1.165, 1.54) is 0 Å². The fourth-order valence-electron chi connectivity index (χ4n) is 1.01. The number of nitrogens with two attached hydrogens (primary N) is 1. The Bertz CT molecular complexity index is 177. The molecule has 0 spiro atoms. The van der Waals surface area contributed by atoms with Crippen molar-refractivity contribution in [3.63, 3.8) is 0 Å². The second kappa shape index (κ2) is 5.98. The van der Waals surface area contributed by atoms with Crippen molar-refractivity contribution >= 4 is 5.91 Å². The Hall–Kier alpha value is -0.610. The molecule has 4 N–H and O–H groups in total. The van der Waals surface area contributed by atoms with Gasteiger partial charge in [-0.15, -0.1) is 0 Å². The summed E-state index contributed by atoms with van der Waals surface area (Å²) in [5.74, 6) is -0.202. The standard InChI is InChI=1S/C10H22N2O2/c1-4-8(6-11)9(13)12-7-10(3,14)5-2/h8,14H,4-7,11H2,1-3H3,(H,12,13). The fourth-order valence-corrected chi connectivity index (χ4v) is 1.01. The molecule has 0 aromatic heterocycles. The molecule has 0 saturated heterocycles. The lowest BCUT2D eigenvalue weighted by Gasteiger charge is -2.23. The van der Waals surface area contributed by atoms with Gasteiger partial charge in [-0.2, -0.15) is 0 Å². The molecule has 0 bridgehead atoms. The average Bonchev–Trinajstić information content (AvgIpc) is 2.17. The van der Waals surface area contributed by atoms with Gasteiger partial charge in [0.1, 0.15) is 0 Å². The highest BCUT2D eigenvalue weighted by atomic mass is 16.3. The lowest BCUT2D eigenvalue weighted by Crippen LogP contribution is -2.43. The van der Waals surface area contributed by atoms with Gasteiger partial charge in [-0.25, -0.2) is 0 Å². The molecule has 2 atom stereocenters. The van der Waals surface area contributed by atoms with Crippen LogP contribution >= 0.6 is 0 Å². The molecule has 0 saturated carbocycles. The SMILES string of the molecule is CCC(CN)C(=O)NCC(C)(O)CC. The topological polar surface area (TPSA) is 75.4 Å². The van der Waals surface area contributed by atoms with Crippen LogP contribution in [-0.4, -0.2) is 29.7 Å². The summed E-state index contributed by atoms with van der Waals surface area (Å²) < 4.78 is 0. The van der Waals surface area contributed by atoms with E-state index in [1.54, 1.807) is 6.92 Å². The van der Waals surface area contributed by atoms with Crippen LogP contribution in [0.1, 0.15) is 33.6 Å². The van der Waals surface area contributed by atoms with Crippen molar-refractivity contribution in [1.82, 2.24) is 5.32 Å². The third-order valence-corrected chi connectivity index (χ3v) is 2.55. The van der Waals surface area contributed by atoms with Gasteiger partial charge in [-0.1, -0.05) is 13.8 Å². The van der Waals surface area contributed by atoms with Crippen LogP contribution in [0.25, 0.3) is 0 Å². The number of aliphatic hydroxyl groups is 1. The molecule has 4 nitrogen and oxygen atoms in total. The van der Waals surface area contributed by atoms with Gasteiger partial charge >= 0.3 is 0 Å². The number of hydrogen-bond acceptors (Lipinski definition) is 3. The zero-order valence-corrected chi connectivity index (χ0v) is 9.34. The van der Waals surface area contributed by atoms with Crippen molar-refractivity contribution in [3.8, 4) is 0 Å². The first-order chi connectivity index (χ1) is 6.46. The maximum absolute atomic E-state index is 11.5. The first kappa shape index (κ1) is 13.4. The summed E-state index contributed by atoms with van der Waals surface area (Å²) in [6, 6.07) is 0. The van der Waals surface area contributed by atoms with Gasteiger partial charge in [0.25, 0.3) is 0 Å². The van der Waals surface area contributed by atoms with E-state index in [0.717, 1.165) is 6.42 Å². The maximum Gasteiger partial charge on any atom is 0.224 e. The molecule has 2 unspecified atom stereocenters. The highest BCUT2D eigenvalue weighted by Gasteiger charge is 2.21. The molecule has 0 aliphatic heterocycles. The summed E-state index contributed by atoms with van der Waals surface area (Å²) in [6.45, 7) is 6.16. The Labute approximate surface area is 85.9 Å². The number of amides is 1. The normalized spacial score (nSPS) is 17.2. The molecular weight excluding hydrogens is 180 g/mol. The number of carbonyl (C=O) groups is 1. The molecule has 1 amide bonds. The summed E-state index contributed by atoms with van der Waals surface area (Å²) in [7, 11) is 0. The van der Waals surface area contributed by atoms with E-state index in [0.29, 0.717) is 19.5 Å². The predicted molar refractivity (Wildman–Crippen MR) is 56.8 cm³/mol. The third-order valence-electron chi connectivity index (χ3n) is 2.55. The minimum absolute atomic E-state index is 0.0660. The summed E-state index contributed by atoms with van der Waals surface area (Å²) in [5.41, 5.74) is 4.62. The van der Waals surface area contributed by atoms with Gasteiger partial charge in [0.05, 0.1) is 5.60 Å². The van der Waals surface area contributed by atoms with Crippen LogP contribution in [0.3, 0.4) is 0 Å². The molecule has 14 heavy (non-hydrogen) atoms. The Kier molecular flexibility index (Phi) is 5.72. The first-order valence-electron chi connectivity index (χ1n) is 5.17. The van der Waals surface area contributed by atoms with Crippen molar-refractivity contribution in [2.24, 2.45) is 11.7 Å². The molecule has 0 aliphatic carbocycles. The Morgan fingerprint density at radius 1 is 1.57 bits per heavy atom. The van der Waals surface area contributed by atoms with Gasteiger partial charge in [-0.05, 0) is 19.8 Å². The number of carbonyl (C=O) groups excluding carboxylic acids is 1. The molecule has 0 rings (SSSR count). The highest BCUT2D eigenvalue weighted by molar-refractivity contribution is 5.78. The van der Waals surface area contributed by atoms with Crippen molar-refractivity contribution < 1.29 is 9.90 Å². The largest absolute Gasteiger partial charge is 0.388 e. The Balaban J connectivity index is 3.95. The summed E-state index contributed by atoms with van der Waals surface area (Å²) in [5, 5.41) is 12.4. The summed E-state index contributed by atoms with van der Waals surface area (Å²) >= 11 is 0. The molecular formula is C10H22N2O2. The first-order valence-corrected chi connectivity index (χ1v) is 5.17. The van der Waals surface area contributed by atoms with Gasteiger partial charge in [0.15, 0.2) is 0 Å². The summed E-state index contributed by atoms with van der Waals surface area (Å²) in [6.07, 6.45) is 1.35. The van der Waals surface area contributed by atoms with Gasteiger partial charge < -0.3 is 16.2 Å². The quantitative estimate of drug-likeness (QED) is 0.578. The second-order valence-electron chi connectivity index (χ2n) is 3.91. The van der Waals surface area contributed by atoms with E-state index >= 15 is 0 Å². The van der Waals surface area contributed by atoms with Gasteiger partial charge in [-0.3, -0.25) is 4.79 Å². The van der Waals surface area contributed by atoms with Crippen LogP contribution in [0, 0.1) is 5.92 Å². The Morgan fingerprint density at radius 2 is 2.14 bits per heavy atom. The fraction of sp³-hybridized carbons (Fsp3) is 0.900. The monoisotopic (exact) mass is 202 g/mol. The van der Waals surface area contributed by atoms with Crippen molar-refractivity contribution in [2.45, 2.75) is 39.2 Å². The molecule has 0 radical (unpaired) electrons. The van der Waals surface area contributed by atoms with Crippen LogP contribution in [0.15, 0.2) is 0 Å². The van der Waals surface area contributed by atoms with E-state index in [-0.39, 0.29) is 11.8 Å². The van der Waals surface area contributed by atoms with Crippen LogP contribution < -0.4 is 11.1 Å². The van der Waals surface area contributed by atoms with Crippen molar-refractivity contribution in [3.05, 3.63) is 0 Å². The summed E-state index contributed by atoms with van der Waals surface area (Å²) in [4.78, 5) is 11.5. The minimum atomic E-state index is -0.817. The van der Waals surface area contributed by atoms with Crippen LogP contribution in [0.2, 0.25) is 0 Å². The van der Waals surface area contributed by atoms with Crippen LogP contribution in [0.5, 0.6) is 0 Å². The lowest BCUT2D eigenvalue weighted by atomic mass is 10.0. The predicted octanol–water partition coefficient (Wildman–Crippen LogP) is 0.249. The van der Waals surface area contributed by atoms with E-state index in [2.05, 4.69) is 5.32 Å².